The van der Waals surface area contributed by atoms with Crippen LogP contribution in [0.5, 0.6) is 5.75 Å². The van der Waals surface area contributed by atoms with Gasteiger partial charge in [-0.1, -0.05) is 37.5 Å². The number of nitrogens with zero attached hydrogens (tertiary/aromatic N) is 2. The number of nitriles is 1. The summed E-state index contributed by atoms with van der Waals surface area (Å²) in [7, 11) is 0. The Balaban J connectivity index is 1.57. The van der Waals surface area contributed by atoms with Crippen molar-refractivity contribution in [2.75, 3.05) is 6.54 Å². The summed E-state index contributed by atoms with van der Waals surface area (Å²) in [5.41, 5.74) is 2.13. The summed E-state index contributed by atoms with van der Waals surface area (Å²) >= 11 is 5.45. The van der Waals surface area contributed by atoms with Crippen molar-refractivity contribution >= 4 is 74.2 Å². The van der Waals surface area contributed by atoms with Gasteiger partial charge < -0.3 is 4.74 Å². The van der Waals surface area contributed by atoms with Gasteiger partial charge in [0, 0.05) is 21.2 Å². The van der Waals surface area contributed by atoms with Crippen LogP contribution < -0.4 is 4.74 Å². The zero-order valence-electron chi connectivity index (χ0n) is 17.9. The first-order valence-electron chi connectivity index (χ1n) is 10.8. The van der Waals surface area contributed by atoms with Crippen molar-refractivity contribution in [2.24, 2.45) is 5.92 Å². The lowest BCUT2D eigenvalue weighted by Gasteiger charge is -2.25. The molecule has 2 aromatic carbocycles. The van der Waals surface area contributed by atoms with Crippen LogP contribution in [0, 0.1) is 24.4 Å². The minimum Gasteiger partial charge on any atom is -0.487 e. The summed E-state index contributed by atoms with van der Waals surface area (Å²) < 4.78 is 8.06. The molecule has 0 radical (unpaired) electrons. The van der Waals surface area contributed by atoms with Gasteiger partial charge >= 0.3 is 0 Å². The molecule has 0 bridgehead atoms. The Labute approximate surface area is 225 Å². The Hall–Kier alpha value is -1.58. The Morgan fingerprint density at radius 3 is 2.67 bits per heavy atom. The summed E-state index contributed by atoms with van der Waals surface area (Å²) in [6, 6.07) is 13.5. The molecule has 0 atom stereocenters. The zero-order chi connectivity index (χ0) is 23.4. The molecule has 1 saturated heterocycles. The van der Waals surface area contributed by atoms with E-state index >= 15 is 0 Å². The van der Waals surface area contributed by atoms with Crippen molar-refractivity contribution in [3.8, 4) is 11.8 Å². The molecule has 1 saturated carbocycles. The minimum absolute atomic E-state index is 0.192. The van der Waals surface area contributed by atoms with Crippen LogP contribution in [0.25, 0.3) is 6.08 Å². The highest BCUT2D eigenvalue weighted by Gasteiger charge is 2.36. The van der Waals surface area contributed by atoms with E-state index in [-0.39, 0.29) is 17.8 Å². The number of ether oxygens (including phenoxy) is 1. The fourth-order valence-corrected chi connectivity index (χ4v) is 7.06. The highest BCUT2D eigenvalue weighted by Crippen LogP contribution is 2.38. The van der Waals surface area contributed by atoms with E-state index in [2.05, 4.69) is 51.3 Å². The largest absolute Gasteiger partial charge is 0.487 e. The Morgan fingerprint density at radius 1 is 1.15 bits per heavy atom. The van der Waals surface area contributed by atoms with Crippen molar-refractivity contribution in [3.05, 3.63) is 65.1 Å². The van der Waals surface area contributed by atoms with Crippen molar-refractivity contribution in [2.45, 2.75) is 38.7 Å². The molecule has 2 aliphatic rings. The quantitative estimate of drug-likeness (QED) is 0.243. The van der Waals surface area contributed by atoms with Gasteiger partial charge in [0.25, 0.3) is 11.1 Å². The van der Waals surface area contributed by atoms with Crippen molar-refractivity contribution < 1.29 is 14.3 Å². The molecule has 1 aliphatic carbocycles. The average Bonchev–Trinajstić information content (AvgIpc) is 3.06. The van der Waals surface area contributed by atoms with Crippen molar-refractivity contribution in [3.63, 3.8) is 0 Å². The fraction of sp³-hybridized carbons (Fsp3) is 0.320. The molecule has 0 spiro atoms. The third-order valence-electron chi connectivity index (χ3n) is 5.87. The van der Waals surface area contributed by atoms with Gasteiger partial charge in [0.1, 0.15) is 12.4 Å². The van der Waals surface area contributed by atoms with Crippen LogP contribution in [0.15, 0.2) is 41.3 Å². The first-order chi connectivity index (χ1) is 16.0. The number of imide groups is 1. The van der Waals surface area contributed by atoms with Gasteiger partial charge in [0.15, 0.2) is 0 Å². The molecule has 2 amide bonds. The maximum atomic E-state index is 13.1. The van der Waals surface area contributed by atoms with Crippen LogP contribution in [-0.4, -0.2) is 22.6 Å². The van der Waals surface area contributed by atoms with Gasteiger partial charge in [0.05, 0.1) is 20.1 Å². The number of thioether (sulfide) groups is 1. The summed E-state index contributed by atoms with van der Waals surface area (Å²) in [5.74, 6) is 0.831. The summed E-state index contributed by atoms with van der Waals surface area (Å²) in [5, 5.41) is 9.16. The van der Waals surface area contributed by atoms with Gasteiger partial charge in [-0.05, 0) is 100.0 Å². The third kappa shape index (κ3) is 5.92. The number of carbonyl (C=O) groups excluding carboxylic acids is 2. The standard InChI is InChI=1S/C25H22I2N2O3S/c26-20-10-19(23(21(27)12-20)32-15-18-9-5-4-8-17(18)13-28)11-22-24(30)29(25(31)33-22)14-16-6-2-1-3-7-16/h4-5,8-12,16H,1-3,6-7,14-15H2/b22-11+. The molecule has 8 heteroatoms. The lowest BCUT2D eigenvalue weighted by atomic mass is 9.89. The number of hydrogen-bond acceptors (Lipinski definition) is 5. The molecular weight excluding hydrogens is 662 g/mol. The van der Waals surface area contributed by atoms with Gasteiger partial charge in [-0.2, -0.15) is 5.26 Å². The van der Waals surface area contributed by atoms with E-state index in [0.29, 0.717) is 28.7 Å². The zero-order valence-corrected chi connectivity index (χ0v) is 23.0. The first-order valence-corrected chi connectivity index (χ1v) is 13.8. The molecular formula is C25H22I2N2O3S. The van der Waals surface area contributed by atoms with E-state index in [0.717, 1.165) is 42.9 Å². The summed E-state index contributed by atoms with van der Waals surface area (Å²) in [6.45, 7) is 0.754. The first kappa shape index (κ1) is 24.5. The summed E-state index contributed by atoms with van der Waals surface area (Å²) in [6.07, 6.45) is 7.52. The van der Waals surface area contributed by atoms with Gasteiger partial charge in [0.2, 0.25) is 0 Å². The number of hydrogen-bond donors (Lipinski definition) is 0. The van der Waals surface area contributed by atoms with E-state index in [1.165, 1.54) is 24.2 Å². The highest BCUT2D eigenvalue weighted by atomic mass is 127. The monoisotopic (exact) mass is 684 g/mol. The predicted octanol–water partition coefficient (Wildman–Crippen LogP) is 6.96. The molecule has 5 nitrogen and oxygen atoms in total. The van der Waals surface area contributed by atoms with Crippen LogP contribution in [0.1, 0.15) is 48.8 Å². The van der Waals surface area contributed by atoms with Crippen LogP contribution >= 0.6 is 56.9 Å². The second-order valence-electron chi connectivity index (χ2n) is 8.16. The van der Waals surface area contributed by atoms with E-state index in [1.807, 2.05) is 30.3 Å². The molecule has 2 fully saturated rings. The molecule has 33 heavy (non-hydrogen) atoms. The smallest absolute Gasteiger partial charge is 0.293 e. The van der Waals surface area contributed by atoms with Gasteiger partial charge in [-0.25, -0.2) is 0 Å². The van der Waals surface area contributed by atoms with Crippen LogP contribution in [0.2, 0.25) is 0 Å². The fourth-order valence-electron chi connectivity index (χ4n) is 4.17. The molecule has 170 valence electrons. The molecule has 1 heterocycles. The second-order valence-corrected chi connectivity index (χ2v) is 11.6. The molecule has 2 aromatic rings. The second kappa shape index (κ2) is 11.2. The van der Waals surface area contributed by atoms with E-state index in [4.69, 9.17) is 4.74 Å². The lowest BCUT2D eigenvalue weighted by Crippen LogP contribution is -2.34. The van der Waals surface area contributed by atoms with E-state index in [1.54, 1.807) is 12.1 Å². The number of amides is 2. The minimum atomic E-state index is -0.217. The maximum Gasteiger partial charge on any atom is 0.293 e. The molecule has 0 aromatic heterocycles. The van der Waals surface area contributed by atoms with Crippen LogP contribution in [0.3, 0.4) is 0 Å². The Morgan fingerprint density at radius 2 is 1.91 bits per heavy atom. The molecule has 1 aliphatic heterocycles. The number of carbonyl (C=O) groups is 2. The maximum absolute atomic E-state index is 13.1. The van der Waals surface area contributed by atoms with Crippen LogP contribution in [0.4, 0.5) is 4.79 Å². The normalized spacial score (nSPS) is 18.1. The van der Waals surface area contributed by atoms with Gasteiger partial charge in [-0.3, -0.25) is 14.5 Å². The van der Waals surface area contributed by atoms with E-state index in [9.17, 15) is 14.9 Å². The lowest BCUT2D eigenvalue weighted by molar-refractivity contribution is -0.123. The molecule has 4 rings (SSSR count). The van der Waals surface area contributed by atoms with Gasteiger partial charge in [-0.15, -0.1) is 0 Å². The van der Waals surface area contributed by atoms with Crippen molar-refractivity contribution in [1.82, 2.24) is 4.90 Å². The molecule has 0 N–H and O–H groups in total. The average molecular weight is 684 g/mol. The number of halogens is 2. The summed E-state index contributed by atoms with van der Waals surface area (Å²) in [4.78, 5) is 27.5. The highest BCUT2D eigenvalue weighted by molar-refractivity contribution is 14.1. The Kier molecular flexibility index (Phi) is 8.35. The SMILES string of the molecule is N#Cc1ccccc1COc1c(I)cc(I)cc1/C=C1/SC(=O)N(CC2CCCCC2)C1=O. The predicted molar refractivity (Wildman–Crippen MR) is 147 cm³/mol. The topological polar surface area (TPSA) is 70.4 Å². The van der Waals surface area contributed by atoms with E-state index < -0.39 is 0 Å². The van der Waals surface area contributed by atoms with Crippen molar-refractivity contribution in [1.29, 1.82) is 5.26 Å². The number of rotatable bonds is 6. The number of benzene rings is 2. The van der Waals surface area contributed by atoms with Crippen LogP contribution in [-0.2, 0) is 11.4 Å². The Bertz CT molecular complexity index is 1150. The molecule has 0 unspecified atom stereocenters. The third-order valence-corrected chi connectivity index (χ3v) is 8.20.